The summed E-state index contributed by atoms with van der Waals surface area (Å²) in [6.07, 6.45) is 0. The molecule has 5 rings (SSSR count). The van der Waals surface area contributed by atoms with Gasteiger partial charge in [0.15, 0.2) is 17.3 Å². The van der Waals surface area contributed by atoms with Crippen molar-refractivity contribution in [2.75, 3.05) is 14.2 Å². The number of Topliss-reactive ketones (excluding diaryl/α,β-unsaturated/α-hetero) is 1. The van der Waals surface area contributed by atoms with Crippen LogP contribution in [0.1, 0.15) is 39.9 Å². The molecule has 7 heteroatoms. The maximum Gasteiger partial charge on any atom is 0.336 e. The highest BCUT2D eigenvalue weighted by Crippen LogP contribution is 2.47. The number of allylic oxidation sites excluding steroid dienone is 2. The summed E-state index contributed by atoms with van der Waals surface area (Å²) >= 11 is 0. The smallest absolute Gasteiger partial charge is 0.336 e. The summed E-state index contributed by atoms with van der Waals surface area (Å²) in [6, 6.07) is 18.8. The summed E-state index contributed by atoms with van der Waals surface area (Å²) in [4.78, 5) is 26.4. The SMILES string of the molecule is COC(=O)C1=C(C)NC2=C(C(=O)c3ccccc32)[C@H]1c1ccc(OCc2cccc(F)c2)c(OC)c1. The quantitative estimate of drug-likeness (QED) is 0.487. The van der Waals surface area contributed by atoms with Crippen LogP contribution in [0.3, 0.4) is 0 Å². The van der Waals surface area contributed by atoms with Crippen LogP contribution in [0.5, 0.6) is 11.5 Å². The molecule has 0 spiro atoms. The summed E-state index contributed by atoms with van der Waals surface area (Å²) in [5.74, 6) is -0.791. The first kappa shape index (κ1) is 23.4. The normalized spacial score (nSPS) is 16.3. The number of hydrogen-bond acceptors (Lipinski definition) is 6. The molecular weight excluding hydrogens is 461 g/mol. The van der Waals surface area contributed by atoms with Crippen LogP contribution in [-0.2, 0) is 16.1 Å². The van der Waals surface area contributed by atoms with Crippen molar-refractivity contribution in [3.63, 3.8) is 0 Å². The molecule has 3 aromatic carbocycles. The van der Waals surface area contributed by atoms with E-state index in [9.17, 15) is 14.0 Å². The Hall–Kier alpha value is -4.39. The molecule has 1 heterocycles. The van der Waals surface area contributed by atoms with Gasteiger partial charge in [-0.05, 0) is 42.3 Å². The fraction of sp³-hybridized carbons (Fsp3) is 0.172. The van der Waals surface area contributed by atoms with Crippen molar-refractivity contribution >= 4 is 17.4 Å². The molecule has 6 nitrogen and oxygen atoms in total. The van der Waals surface area contributed by atoms with E-state index in [-0.39, 0.29) is 18.2 Å². The number of ether oxygens (including phenoxy) is 3. The minimum absolute atomic E-state index is 0.141. The largest absolute Gasteiger partial charge is 0.493 e. The number of carbonyl (C=O) groups excluding carboxylic acids is 2. The number of rotatable bonds is 6. The summed E-state index contributed by atoms with van der Waals surface area (Å²) in [5, 5.41) is 3.26. The van der Waals surface area contributed by atoms with Gasteiger partial charge in [-0.15, -0.1) is 0 Å². The van der Waals surface area contributed by atoms with Crippen LogP contribution in [0.25, 0.3) is 5.70 Å². The molecule has 0 fully saturated rings. The van der Waals surface area contributed by atoms with Gasteiger partial charge in [-0.25, -0.2) is 9.18 Å². The number of ketones is 1. The van der Waals surface area contributed by atoms with E-state index in [0.29, 0.717) is 50.7 Å². The fourth-order valence-electron chi connectivity index (χ4n) is 4.81. The summed E-state index contributed by atoms with van der Waals surface area (Å²) < 4.78 is 30.1. The molecule has 1 aliphatic carbocycles. The number of hydrogen-bond donors (Lipinski definition) is 1. The average molecular weight is 486 g/mol. The minimum atomic E-state index is -0.667. The second-order valence-corrected chi connectivity index (χ2v) is 8.58. The van der Waals surface area contributed by atoms with E-state index in [1.54, 1.807) is 43.3 Å². The maximum atomic E-state index is 13.5. The first-order chi connectivity index (χ1) is 17.4. The molecule has 0 aromatic heterocycles. The van der Waals surface area contributed by atoms with E-state index in [1.807, 2.05) is 18.2 Å². The van der Waals surface area contributed by atoms with Gasteiger partial charge in [0, 0.05) is 28.3 Å². The topological polar surface area (TPSA) is 73.9 Å². The molecule has 0 bridgehead atoms. The lowest BCUT2D eigenvalue weighted by molar-refractivity contribution is -0.136. The number of nitrogens with one attached hydrogen (secondary N) is 1. The Bertz CT molecular complexity index is 1460. The van der Waals surface area contributed by atoms with Gasteiger partial charge in [-0.1, -0.05) is 42.5 Å². The predicted octanol–water partition coefficient (Wildman–Crippen LogP) is 5.15. The van der Waals surface area contributed by atoms with Gasteiger partial charge in [0.25, 0.3) is 0 Å². The summed E-state index contributed by atoms with van der Waals surface area (Å²) in [7, 11) is 2.83. The molecule has 2 aliphatic rings. The van der Waals surface area contributed by atoms with Gasteiger partial charge < -0.3 is 19.5 Å². The monoisotopic (exact) mass is 485 g/mol. The van der Waals surface area contributed by atoms with Crippen LogP contribution in [0.2, 0.25) is 0 Å². The number of carbonyl (C=O) groups is 2. The average Bonchev–Trinajstić information content (AvgIpc) is 3.17. The van der Waals surface area contributed by atoms with Crippen LogP contribution in [-0.4, -0.2) is 26.0 Å². The van der Waals surface area contributed by atoms with Crippen LogP contribution in [0.15, 0.2) is 83.6 Å². The van der Waals surface area contributed by atoms with Crippen molar-refractivity contribution in [2.24, 2.45) is 0 Å². The Kier molecular flexibility index (Phi) is 6.06. The Morgan fingerprint density at radius 2 is 1.75 bits per heavy atom. The number of halogens is 1. The lowest BCUT2D eigenvalue weighted by atomic mass is 9.79. The third-order valence-electron chi connectivity index (χ3n) is 6.46. The molecule has 0 saturated heterocycles. The third kappa shape index (κ3) is 3.92. The molecule has 0 unspecified atom stereocenters. The van der Waals surface area contributed by atoms with Gasteiger partial charge in [0.2, 0.25) is 0 Å². The second-order valence-electron chi connectivity index (χ2n) is 8.58. The fourth-order valence-corrected chi connectivity index (χ4v) is 4.81. The van der Waals surface area contributed by atoms with Crippen molar-refractivity contribution in [1.29, 1.82) is 0 Å². The number of esters is 1. The zero-order chi connectivity index (χ0) is 25.4. The molecule has 1 atom stereocenters. The molecular formula is C29H24FNO5. The van der Waals surface area contributed by atoms with Crippen LogP contribution >= 0.6 is 0 Å². The molecule has 36 heavy (non-hydrogen) atoms. The highest BCUT2D eigenvalue weighted by Gasteiger charge is 2.43. The van der Waals surface area contributed by atoms with Crippen molar-refractivity contribution in [3.05, 3.63) is 112 Å². The van der Waals surface area contributed by atoms with E-state index in [4.69, 9.17) is 14.2 Å². The van der Waals surface area contributed by atoms with Crippen molar-refractivity contribution in [2.45, 2.75) is 19.4 Å². The lowest BCUT2D eigenvalue weighted by Gasteiger charge is -2.29. The molecule has 0 amide bonds. The lowest BCUT2D eigenvalue weighted by Crippen LogP contribution is -2.29. The Labute approximate surface area is 208 Å². The van der Waals surface area contributed by atoms with Gasteiger partial charge in [0.1, 0.15) is 12.4 Å². The van der Waals surface area contributed by atoms with Crippen molar-refractivity contribution < 1.29 is 28.2 Å². The van der Waals surface area contributed by atoms with Crippen LogP contribution in [0, 0.1) is 5.82 Å². The molecule has 0 saturated carbocycles. The number of dihydropyridines is 1. The number of fused-ring (bicyclic) bond motifs is 2. The van der Waals surface area contributed by atoms with Gasteiger partial charge in [-0.3, -0.25) is 4.79 Å². The van der Waals surface area contributed by atoms with Gasteiger partial charge in [0.05, 0.1) is 25.5 Å². The first-order valence-corrected chi connectivity index (χ1v) is 11.4. The van der Waals surface area contributed by atoms with E-state index in [2.05, 4.69) is 5.32 Å². The Balaban J connectivity index is 1.56. The third-order valence-corrected chi connectivity index (χ3v) is 6.46. The van der Waals surface area contributed by atoms with E-state index < -0.39 is 11.9 Å². The molecule has 1 N–H and O–H groups in total. The van der Waals surface area contributed by atoms with Gasteiger partial charge >= 0.3 is 5.97 Å². The standard InChI is InChI=1S/C29H24FNO5/c1-16-24(29(33)35-3)25(26-27(31-16)20-9-4-5-10-21(20)28(26)32)18-11-12-22(23(14-18)34-2)36-15-17-7-6-8-19(30)13-17/h4-14,25,31H,15H2,1-3H3/t25-/m0/s1. The number of methoxy groups -OCH3 is 2. The van der Waals surface area contributed by atoms with Gasteiger partial charge in [-0.2, -0.15) is 0 Å². The van der Waals surface area contributed by atoms with Crippen molar-refractivity contribution in [3.8, 4) is 11.5 Å². The highest BCUT2D eigenvalue weighted by molar-refractivity contribution is 6.23. The zero-order valence-corrected chi connectivity index (χ0v) is 20.1. The van der Waals surface area contributed by atoms with E-state index in [0.717, 1.165) is 5.56 Å². The first-order valence-electron chi connectivity index (χ1n) is 11.4. The number of benzene rings is 3. The zero-order valence-electron chi connectivity index (χ0n) is 20.1. The van der Waals surface area contributed by atoms with E-state index >= 15 is 0 Å². The van der Waals surface area contributed by atoms with Crippen molar-refractivity contribution in [1.82, 2.24) is 5.32 Å². The second kappa shape index (κ2) is 9.34. The predicted molar refractivity (Wildman–Crippen MR) is 132 cm³/mol. The van der Waals surface area contributed by atoms with E-state index in [1.165, 1.54) is 26.4 Å². The molecule has 3 aromatic rings. The summed E-state index contributed by atoms with van der Waals surface area (Å²) in [6.45, 7) is 1.94. The summed E-state index contributed by atoms with van der Waals surface area (Å²) in [5.41, 5.74) is 4.88. The molecule has 0 radical (unpaired) electrons. The molecule has 1 aliphatic heterocycles. The Morgan fingerprint density at radius 3 is 2.47 bits per heavy atom. The van der Waals surface area contributed by atoms with Crippen LogP contribution in [0.4, 0.5) is 4.39 Å². The van der Waals surface area contributed by atoms with Crippen LogP contribution < -0.4 is 14.8 Å². The molecule has 182 valence electrons. The highest BCUT2D eigenvalue weighted by atomic mass is 19.1. The maximum absolute atomic E-state index is 13.5. The minimum Gasteiger partial charge on any atom is -0.493 e. The Morgan fingerprint density at radius 1 is 0.972 bits per heavy atom.